The molecule has 0 bridgehead atoms. The van der Waals surface area contributed by atoms with Gasteiger partial charge in [0.25, 0.3) is 0 Å². The number of nitrogens with zero attached hydrogens (tertiary/aromatic N) is 1. The Morgan fingerprint density at radius 1 is 1.24 bits per heavy atom. The fourth-order valence-corrected chi connectivity index (χ4v) is 2.90. The van der Waals surface area contributed by atoms with Gasteiger partial charge in [-0.15, -0.1) is 0 Å². The van der Waals surface area contributed by atoms with Crippen molar-refractivity contribution in [3.05, 3.63) is 24.0 Å². The number of aliphatic hydroxyl groups excluding tert-OH is 1. The number of anilines is 2. The van der Waals surface area contributed by atoms with Gasteiger partial charge < -0.3 is 15.3 Å². The fourth-order valence-electron chi connectivity index (χ4n) is 2.90. The summed E-state index contributed by atoms with van der Waals surface area (Å²) in [5, 5.41) is 12.9. The van der Waals surface area contributed by atoms with Crippen molar-refractivity contribution in [2.24, 2.45) is 5.41 Å². The van der Waals surface area contributed by atoms with E-state index in [1.807, 2.05) is 12.1 Å². The number of benzene rings is 1. The highest BCUT2D eigenvalue weighted by Crippen LogP contribution is 2.29. The lowest BCUT2D eigenvalue weighted by Gasteiger charge is -2.30. The van der Waals surface area contributed by atoms with Crippen LogP contribution in [0.3, 0.4) is 0 Å². The van der Waals surface area contributed by atoms with Gasteiger partial charge in [0, 0.05) is 30.7 Å². The van der Waals surface area contributed by atoms with Gasteiger partial charge in [0.1, 0.15) is 5.82 Å². The number of halogens is 1. The average molecular weight is 294 g/mol. The molecule has 21 heavy (non-hydrogen) atoms. The zero-order chi connectivity index (χ0) is 15.3. The van der Waals surface area contributed by atoms with E-state index in [9.17, 15) is 9.50 Å². The second kappa shape index (κ2) is 7.12. The van der Waals surface area contributed by atoms with Crippen molar-refractivity contribution in [1.82, 2.24) is 0 Å². The number of nitrogens with one attached hydrogen (secondary N) is 1. The highest BCUT2D eigenvalue weighted by molar-refractivity contribution is 5.56. The molecular formula is C17H27FN2O. The third-order valence-corrected chi connectivity index (χ3v) is 4.90. The zero-order valence-electron chi connectivity index (χ0n) is 13.2. The van der Waals surface area contributed by atoms with E-state index in [0.29, 0.717) is 12.2 Å². The molecule has 0 aromatic heterocycles. The van der Waals surface area contributed by atoms with E-state index in [2.05, 4.69) is 24.1 Å². The summed E-state index contributed by atoms with van der Waals surface area (Å²) < 4.78 is 14.2. The molecule has 0 radical (unpaired) electrons. The van der Waals surface area contributed by atoms with Crippen molar-refractivity contribution >= 4 is 11.4 Å². The molecule has 1 aliphatic rings. The molecule has 1 heterocycles. The van der Waals surface area contributed by atoms with Gasteiger partial charge in [-0.2, -0.15) is 0 Å². The molecule has 0 amide bonds. The summed E-state index contributed by atoms with van der Waals surface area (Å²) in [6.45, 7) is 6.88. The van der Waals surface area contributed by atoms with E-state index in [-0.39, 0.29) is 17.8 Å². The van der Waals surface area contributed by atoms with E-state index in [0.717, 1.165) is 44.5 Å². The molecule has 0 aliphatic carbocycles. The van der Waals surface area contributed by atoms with Crippen molar-refractivity contribution in [1.29, 1.82) is 0 Å². The molecule has 3 nitrogen and oxygen atoms in total. The average Bonchev–Trinajstić information content (AvgIpc) is 3.03. The zero-order valence-corrected chi connectivity index (χ0v) is 13.2. The van der Waals surface area contributed by atoms with Crippen molar-refractivity contribution in [2.75, 3.05) is 36.5 Å². The van der Waals surface area contributed by atoms with Crippen LogP contribution in [0.25, 0.3) is 0 Å². The smallest absolute Gasteiger partial charge is 0.148 e. The topological polar surface area (TPSA) is 35.5 Å². The van der Waals surface area contributed by atoms with Crippen molar-refractivity contribution < 1.29 is 9.50 Å². The molecular weight excluding hydrogens is 267 g/mol. The Morgan fingerprint density at radius 2 is 1.90 bits per heavy atom. The van der Waals surface area contributed by atoms with Gasteiger partial charge in [0.15, 0.2) is 0 Å². The second-order valence-corrected chi connectivity index (χ2v) is 6.08. The summed E-state index contributed by atoms with van der Waals surface area (Å²) in [5.41, 5.74) is 1.37. The standard InChI is InChI=1S/C17H27FN2O/c1-3-17(4-2,13-21)12-19-14-7-8-16(15(18)11-14)20-9-5-6-10-20/h7-8,11,19,21H,3-6,9-10,12-13H2,1-2H3. The molecule has 2 rings (SSSR count). The Bertz CT molecular complexity index is 446. The normalized spacial score (nSPS) is 15.5. The second-order valence-electron chi connectivity index (χ2n) is 6.08. The SMILES string of the molecule is CCC(CC)(CO)CNc1ccc(N2CCCC2)c(F)c1. The predicted octanol–water partition coefficient (Wildman–Crippen LogP) is 3.64. The first-order valence-electron chi connectivity index (χ1n) is 8.03. The Labute approximate surface area is 127 Å². The molecule has 2 N–H and O–H groups in total. The maximum atomic E-state index is 14.2. The van der Waals surface area contributed by atoms with Gasteiger partial charge >= 0.3 is 0 Å². The molecule has 1 aromatic rings. The minimum absolute atomic E-state index is 0.121. The molecule has 1 saturated heterocycles. The summed E-state index contributed by atoms with van der Waals surface area (Å²) in [7, 11) is 0. The van der Waals surface area contributed by atoms with Gasteiger partial charge in [-0.25, -0.2) is 4.39 Å². The van der Waals surface area contributed by atoms with Gasteiger partial charge in [0.05, 0.1) is 12.3 Å². The van der Waals surface area contributed by atoms with E-state index in [1.165, 1.54) is 0 Å². The molecule has 0 saturated carbocycles. The number of hydrogen-bond donors (Lipinski definition) is 2. The number of hydrogen-bond acceptors (Lipinski definition) is 3. The monoisotopic (exact) mass is 294 g/mol. The number of aliphatic hydroxyl groups is 1. The van der Waals surface area contributed by atoms with Crippen molar-refractivity contribution in [3.63, 3.8) is 0 Å². The Morgan fingerprint density at radius 3 is 2.43 bits per heavy atom. The van der Waals surface area contributed by atoms with Gasteiger partial charge in [-0.3, -0.25) is 0 Å². The largest absolute Gasteiger partial charge is 0.396 e. The van der Waals surface area contributed by atoms with Crippen molar-refractivity contribution in [3.8, 4) is 0 Å². The minimum Gasteiger partial charge on any atom is -0.396 e. The third-order valence-electron chi connectivity index (χ3n) is 4.90. The summed E-state index contributed by atoms with van der Waals surface area (Å²) in [5.74, 6) is -0.163. The maximum absolute atomic E-state index is 14.2. The minimum atomic E-state index is -0.163. The first kappa shape index (κ1) is 16.1. The van der Waals surface area contributed by atoms with Gasteiger partial charge in [-0.1, -0.05) is 13.8 Å². The molecule has 1 aromatic carbocycles. The van der Waals surface area contributed by atoms with Crippen LogP contribution in [0.5, 0.6) is 0 Å². The van der Waals surface area contributed by atoms with E-state index >= 15 is 0 Å². The summed E-state index contributed by atoms with van der Waals surface area (Å²) >= 11 is 0. The lowest BCUT2D eigenvalue weighted by molar-refractivity contribution is 0.127. The summed E-state index contributed by atoms with van der Waals surface area (Å²) in [4.78, 5) is 2.11. The first-order chi connectivity index (χ1) is 10.1. The number of rotatable bonds is 7. The molecule has 4 heteroatoms. The summed E-state index contributed by atoms with van der Waals surface area (Å²) in [6, 6.07) is 5.37. The van der Waals surface area contributed by atoms with Gasteiger partial charge in [0.2, 0.25) is 0 Å². The lowest BCUT2D eigenvalue weighted by atomic mass is 9.83. The highest BCUT2D eigenvalue weighted by Gasteiger charge is 2.25. The third kappa shape index (κ3) is 3.67. The summed E-state index contributed by atoms with van der Waals surface area (Å²) in [6.07, 6.45) is 4.10. The van der Waals surface area contributed by atoms with E-state index in [1.54, 1.807) is 6.07 Å². The Balaban J connectivity index is 2.03. The Hall–Kier alpha value is -1.29. The predicted molar refractivity (Wildman–Crippen MR) is 86.4 cm³/mol. The van der Waals surface area contributed by atoms with Crippen LogP contribution >= 0.6 is 0 Å². The lowest BCUT2D eigenvalue weighted by Crippen LogP contribution is -2.32. The fraction of sp³-hybridized carbons (Fsp3) is 0.647. The van der Waals surface area contributed by atoms with Crippen LogP contribution in [0.15, 0.2) is 18.2 Å². The highest BCUT2D eigenvalue weighted by atomic mass is 19.1. The molecule has 0 spiro atoms. The molecule has 1 aliphatic heterocycles. The molecule has 1 fully saturated rings. The molecule has 0 unspecified atom stereocenters. The van der Waals surface area contributed by atoms with E-state index in [4.69, 9.17) is 0 Å². The van der Waals surface area contributed by atoms with Crippen LogP contribution in [-0.2, 0) is 0 Å². The van der Waals surface area contributed by atoms with Crippen LogP contribution in [0.4, 0.5) is 15.8 Å². The maximum Gasteiger partial charge on any atom is 0.148 e. The van der Waals surface area contributed by atoms with Crippen LogP contribution in [-0.4, -0.2) is 31.3 Å². The quantitative estimate of drug-likeness (QED) is 0.806. The molecule has 0 atom stereocenters. The molecule has 118 valence electrons. The van der Waals surface area contributed by atoms with E-state index < -0.39 is 0 Å². The first-order valence-corrected chi connectivity index (χ1v) is 8.03. The van der Waals surface area contributed by atoms with Crippen LogP contribution in [0, 0.1) is 11.2 Å². The van der Waals surface area contributed by atoms with Crippen LogP contribution < -0.4 is 10.2 Å². The van der Waals surface area contributed by atoms with Crippen LogP contribution in [0.1, 0.15) is 39.5 Å². The van der Waals surface area contributed by atoms with Crippen molar-refractivity contribution in [2.45, 2.75) is 39.5 Å². The van der Waals surface area contributed by atoms with Gasteiger partial charge in [-0.05, 0) is 43.9 Å². The Kier molecular flexibility index (Phi) is 5.45. The van der Waals surface area contributed by atoms with Crippen LogP contribution in [0.2, 0.25) is 0 Å².